The maximum atomic E-state index is 12.3. The van der Waals surface area contributed by atoms with Gasteiger partial charge in [0.25, 0.3) is 0 Å². The van der Waals surface area contributed by atoms with E-state index in [1.165, 1.54) is 6.92 Å². The standard InChI is InChI=1S/C9H11FO/c1-8(10)7-11-9-5-3-2-4-6-9/h2-6,8H,7H2,1H3. The summed E-state index contributed by atoms with van der Waals surface area (Å²) in [5.41, 5.74) is 0. The summed E-state index contributed by atoms with van der Waals surface area (Å²) in [6, 6.07) is 9.23. The van der Waals surface area contributed by atoms with Gasteiger partial charge in [-0.05, 0) is 19.1 Å². The fourth-order valence-corrected chi connectivity index (χ4v) is 0.728. The molecule has 0 saturated heterocycles. The van der Waals surface area contributed by atoms with Gasteiger partial charge in [0.2, 0.25) is 0 Å². The van der Waals surface area contributed by atoms with E-state index < -0.39 is 6.17 Å². The Morgan fingerprint density at radius 2 is 2.00 bits per heavy atom. The molecule has 0 heterocycles. The molecule has 1 aromatic rings. The topological polar surface area (TPSA) is 9.23 Å². The summed E-state index contributed by atoms with van der Waals surface area (Å²) in [6.45, 7) is 1.60. The average molecular weight is 154 g/mol. The molecule has 0 amide bonds. The van der Waals surface area contributed by atoms with Crippen molar-refractivity contribution in [2.45, 2.75) is 13.1 Å². The van der Waals surface area contributed by atoms with Crippen molar-refractivity contribution in [3.8, 4) is 5.75 Å². The van der Waals surface area contributed by atoms with Crippen LogP contribution in [0.25, 0.3) is 0 Å². The molecular weight excluding hydrogens is 143 g/mol. The molecule has 0 N–H and O–H groups in total. The molecule has 1 atom stereocenters. The minimum absolute atomic E-state index is 0.129. The van der Waals surface area contributed by atoms with Crippen LogP contribution < -0.4 is 4.74 Å². The Bertz CT molecular complexity index is 196. The lowest BCUT2D eigenvalue weighted by Crippen LogP contribution is -2.07. The number of ether oxygens (including phenoxy) is 1. The monoisotopic (exact) mass is 154 g/mol. The molecule has 1 unspecified atom stereocenters. The second-order valence-corrected chi connectivity index (χ2v) is 2.40. The lowest BCUT2D eigenvalue weighted by molar-refractivity contribution is 0.210. The van der Waals surface area contributed by atoms with Crippen LogP contribution in [-0.2, 0) is 0 Å². The van der Waals surface area contributed by atoms with Crippen molar-refractivity contribution in [1.29, 1.82) is 0 Å². The van der Waals surface area contributed by atoms with Crippen molar-refractivity contribution in [2.75, 3.05) is 6.61 Å². The molecular formula is C9H11FO. The lowest BCUT2D eigenvalue weighted by Gasteiger charge is -2.05. The van der Waals surface area contributed by atoms with Crippen LogP contribution in [-0.4, -0.2) is 12.8 Å². The minimum Gasteiger partial charge on any atom is -0.491 e. The summed E-state index contributed by atoms with van der Waals surface area (Å²) < 4.78 is 17.4. The van der Waals surface area contributed by atoms with E-state index in [1.54, 1.807) is 0 Å². The molecule has 0 bridgehead atoms. The zero-order chi connectivity index (χ0) is 8.10. The molecule has 1 nitrogen and oxygen atoms in total. The quantitative estimate of drug-likeness (QED) is 0.649. The van der Waals surface area contributed by atoms with Crippen molar-refractivity contribution in [3.05, 3.63) is 30.3 Å². The van der Waals surface area contributed by atoms with E-state index in [0.29, 0.717) is 0 Å². The van der Waals surface area contributed by atoms with Gasteiger partial charge in [0.05, 0.1) is 0 Å². The zero-order valence-electron chi connectivity index (χ0n) is 6.46. The average Bonchev–Trinajstić information content (AvgIpc) is 2.03. The minimum atomic E-state index is -0.907. The Morgan fingerprint density at radius 1 is 1.36 bits per heavy atom. The van der Waals surface area contributed by atoms with Crippen LogP contribution in [0.2, 0.25) is 0 Å². The highest BCUT2D eigenvalue weighted by Crippen LogP contribution is 2.08. The zero-order valence-corrected chi connectivity index (χ0v) is 6.46. The van der Waals surface area contributed by atoms with Gasteiger partial charge in [-0.1, -0.05) is 18.2 Å². The summed E-state index contributed by atoms with van der Waals surface area (Å²) in [5, 5.41) is 0. The predicted molar refractivity (Wildman–Crippen MR) is 42.5 cm³/mol. The maximum absolute atomic E-state index is 12.3. The fraction of sp³-hybridized carbons (Fsp3) is 0.333. The fourth-order valence-electron chi connectivity index (χ4n) is 0.728. The molecule has 2 heteroatoms. The highest BCUT2D eigenvalue weighted by Gasteiger charge is 1.97. The van der Waals surface area contributed by atoms with Crippen LogP contribution in [0.15, 0.2) is 30.3 Å². The number of hydrogen-bond acceptors (Lipinski definition) is 1. The number of para-hydroxylation sites is 1. The van der Waals surface area contributed by atoms with Gasteiger partial charge in [-0.15, -0.1) is 0 Å². The van der Waals surface area contributed by atoms with E-state index in [2.05, 4.69) is 0 Å². The number of benzene rings is 1. The Labute approximate surface area is 65.8 Å². The molecule has 1 aromatic carbocycles. The third kappa shape index (κ3) is 3.03. The number of halogens is 1. The first kappa shape index (κ1) is 8.05. The summed E-state index contributed by atoms with van der Waals surface area (Å²) in [4.78, 5) is 0. The molecule has 11 heavy (non-hydrogen) atoms. The van der Waals surface area contributed by atoms with Crippen molar-refractivity contribution in [1.82, 2.24) is 0 Å². The molecule has 1 rings (SSSR count). The number of hydrogen-bond donors (Lipinski definition) is 0. The number of rotatable bonds is 3. The Hall–Kier alpha value is -1.05. The van der Waals surface area contributed by atoms with E-state index in [0.717, 1.165) is 5.75 Å². The third-order valence-corrected chi connectivity index (χ3v) is 1.22. The van der Waals surface area contributed by atoms with Crippen molar-refractivity contribution in [2.24, 2.45) is 0 Å². The van der Waals surface area contributed by atoms with E-state index in [-0.39, 0.29) is 6.61 Å². The van der Waals surface area contributed by atoms with Gasteiger partial charge in [-0.2, -0.15) is 0 Å². The van der Waals surface area contributed by atoms with E-state index in [4.69, 9.17) is 4.74 Å². The first-order chi connectivity index (χ1) is 5.29. The van der Waals surface area contributed by atoms with Crippen LogP contribution in [0.5, 0.6) is 5.75 Å². The SMILES string of the molecule is CC(F)COc1ccccc1. The molecule has 0 aliphatic carbocycles. The van der Waals surface area contributed by atoms with E-state index in [9.17, 15) is 4.39 Å². The van der Waals surface area contributed by atoms with Gasteiger partial charge in [-0.25, -0.2) is 4.39 Å². The maximum Gasteiger partial charge on any atom is 0.131 e. The van der Waals surface area contributed by atoms with Crippen LogP contribution in [0.4, 0.5) is 4.39 Å². The molecule has 0 fully saturated rings. The summed E-state index contributed by atoms with van der Waals surface area (Å²) in [7, 11) is 0. The van der Waals surface area contributed by atoms with Crippen molar-refractivity contribution in [3.63, 3.8) is 0 Å². The summed E-state index contributed by atoms with van der Waals surface area (Å²) in [6.07, 6.45) is -0.907. The van der Waals surface area contributed by atoms with Gasteiger partial charge in [0.1, 0.15) is 18.5 Å². The molecule has 60 valence electrons. The summed E-state index contributed by atoms with van der Waals surface area (Å²) >= 11 is 0. The normalized spacial score (nSPS) is 12.5. The summed E-state index contributed by atoms with van der Waals surface area (Å²) in [5.74, 6) is 0.719. The van der Waals surface area contributed by atoms with E-state index >= 15 is 0 Å². The van der Waals surface area contributed by atoms with Crippen LogP contribution in [0, 0.1) is 0 Å². The Balaban J connectivity index is 2.39. The van der Waals surface area contributed by atoms with Gasteiger partial charge >= 0.3 is 0 Å². The highest BCUT2D eigenvalue weighted by atomic mass is 19.1. The lowest BCUT2D eigenvalue weighted by atomic mass is 10.3. The van der Waals surface area contributed by atoms with Crippen LogP contribution in [0.1, 0.15) is 6.92 Å². The van der Waals surface area contributed by atoms with Gasteiger partial charge in [-0.3, -0.25) is 0 Å². The van der Waals surface area contributed by atoms with Gasteiger partial charge in [0.15, 0.2) is 0 Å². The molecule has 0 saturated carbocycles. The molecule has 0 radical (unpaired) electrons. The molecule has 0 aliphatic heterocycles. The number of alkyl halides is 1. The smallest absolute Gasteiger partial charge is 0.131 e. The van der Waals surface area contributed by atoms with Crippen LogP contribution >= 0.6 is 0 Å². The second-order valence-electron chi connectivity index (χ2n) is 2.40. The van der Waals surface area contributed by atoms with Crippen LogP contribution in [0.3, 0.4) is 0 Å². The van der Waals surface area contributed by atoms with Crippen molar-refractivity contribution >= 4 is 0 Å². The molecule has 0 spiro atoms. The van der Waals surface area contributed by atoms with Crippen molar-refractivity contribution < 1.29 is 9.13 Å². The molecule has 0 aromatic heterocycles. The first-order valence-electron chi connectivity index (χ1n) is 3.61. The van der Waals surface area contributed by atoms with Gasteiger partial charge in [0, 0.05) is 0 Å². The highest BCUT2D eigenvalue weighted by molar-refractivity contribution is 5.20. The third-order valence-electron chi connectivity index (χ3n) is 1.22. The Morgan fingerprint density at radius 3 is 2.55 bits per heavy atom. The first-order valence-corrected chi connectivity index (χ1v) is 3.61. The largest absolute Gasteiger partial charge is 0.491 e. The molecule has 0 aliphatic rings. The van der Waals surface area contributed by atoms with Gasteiger partial charge < -0.3 is 4.74 Å². The Kier molecular flexibility index (Phi) is 2.90. The predicted octanol–water partition coefficient (Wildman–Crippen LogP) is 2.42. The second kappa shape index (κ2) is 3.96. The van der Waals surface area contributed by atoms with E-state index in [1.807, 2.05) is 30.3 Å².